The lowest BCUT2D eigenvalue weighted by Crippen LogP contribution is -2.33. The predicted molar refractivity (Wildman–Crippen MR) is 103 cm³/mol. The monoisotopic (exact) mass is 391 g/mol. The van der Waals surface area contributed by atoms with Crippen molar-refractivity contribution in [2.45, 2.75) is 64.5 Å². The topological polar surface area (TPSA) is 109 Å². The van der Waals surface area contributed by atoms with E-state index < -0.39 is 0 Å². The maximum absolute atomic E-state index is 12.1. The third-order valence-electron chi connectivity index (χ3n) is 4.35. The Labute approximate surface area is 162 Å². The van der Waals surface area contributed by atoms with E-state index in [1.54, 1.807) is 6.20 Å². The Morgan fingerprint density at radius 3 is 2.93 bits per heavy atom. The smallest absolute Gasteiger partial charge is 0.407 e. The number of nitrogens with one attached hydrogen (secondary N) is 3. The predicted octanol–water partition coefficient (Wildman–Crippen LogP) is 3.13. The number of nitrogens with zero attached hydrogens (tertiary/aromatic N) is 2. The minimum absolute atomic E-state index is 0.0572. The molecule has 2 aromatic heterocycles. The fraction of sp³-hybridized carbons (Fsp3) is 0.556. The van der Waals surface area contributed by atoms with Crippen LogP contribution in [0.15, 0.2) is 12.3 Å². The van der Waals surface area contributed by atoms with Crippen molar-refractivity contribution < 1.29 is 14.3 Å². The highest BCUT2D eigenvalue weighted by Gasteiger charge is 2.30. The van der Waals surface area contributed by atoms with E-state index in [-0.39, 0.29) is 36.5 Å². The zero-order valence-corrected chi connectivity index (χ0v) is 16.6. The number of aryl methyl sites for hydroxylation is 1. The SMILES string of the molecule is Cc1cnc(CC(=O)Nc2cc([C@H]3CC[C@@H](OC(=O)NC(C)C)C3)[nH]n2)s1. The van der Waals surface area contributed by atoms with E-state index >= 15 is 0 Å². The molecule has 3 N–H and O–H groups in total. The molecular weight excluding hydrogens is 366 g/mol. The first-order valence-corrected chi connectivity index (χ1v) is 9.94. The molecular formula is C18H25N5O3S. The standard InChI is InChI=1S/C18H25N5O3S/c1-10(2)20-18(25)26-13-5-4-12(6-13)14-7-15(23-22-14)21-16(24)8-17-19-9-11(3)27-17/h7,9-10,12-13H,4-6,8H2,1-3H3,(H,20,25)(H2,21,22,23,24)/t12-,13+/m0/s1. The van der Waals surface area contributed by atoms with Crippen LogP contribution in [0.4, 0.5) is 10.6 Å². The summed E-state index contributed by atoms with van der Waals surface area (Å²) in [5.41, 5.74) is 0.950. The summed E-state index contributed by atoms with van der Waals surface area (Å²) in [6.07, 6.45) is 4.02. The lowest BCUT2D eigenvalue weighted by Gasteiger charge is -2.14. The maximum Gasteiger partial charge on any atom is 0.407 e. The molecule has 3 rings (SSSR count). The van der Waals surface area contributed by atoms with Crippen LogP contribution in [0.5, 0.6) is 0 Å². The van der Waals surface area contributed by atoms with Gasteiger partial charge in [-0.2, -0.15) is 5.10 Å². The number of rotatable bonds is 6. The van der Waals surface area contributed by atoms with Gasteiger partial charge >= 0.3 is 6.09 Å². The van der Waals surface area contributed by atoms with Crippen molar-refractivity contribution >= 4 is 29.2 Å². The number of hydrogen-bond donors (Lipinski definition) is 3. The van der Waals surface area contributed by atoms with Gasteiger partial charge in [0.25, 0.3) is 0 Å². The molecule has 9 heteroatoms. The zero-order chi connectivity index (χ0) is 19.4. The Bertz CT molecular complexity index is 801. The van der Waals surface area contributed by atoms with Crippen LogP contribution in [0.25, 0.3) is 0 Å². The molecule has 1 fully saturated rings. The summed E-state index contributed by atoms with van der Waals surface area (Å²) in [6, 6.07) is 1.91. The van der Waals surface area contributed by atoms with Gasteiger partial charge in [-0.1, -0.05) is 0 Å². The average Bonchev–Trinajstić information content (AvgIpc) is 3.28. The molecule has 2 atom stereocenters. The van der Waals surface area contributed by atoms with Gasteiger partial charge in [-0.3, -0.25) is 9.89 Å². The Kier molecular flexibility index (Phi) is 6.10. The number of anilines is 1. The number of thiazole rings is 1. The fourth-order valence-electron chi connectivity index (χ4n) is 3.17. The number of aromatic nitrogens is 3. The van der Waals surface area contributed by atoms with E-state index in [1.807, 2.05) is 26.8 Å². The molecule has 27 heavy (non-hydrogen) atoms. The molecule has 0 radical (unpaired) electrons. The highest BCUT2D eigenvalue weighted by molar-refractivity contribution is 7.11. The molecule has 1 saturated carbocycles. The number of aromatic amines is 1. The summed E-state index contributed by atoms with van der Waals surface area (Å²) in [5, 5.41) is 13.5. The first-order chi connectivity index (χ1) is 12.9. The van der Waals surface area contributed by atoms with E-state index in [4.69, 9.17) is 4.74 Å². The molecule has 0 saturated heterocycles. The van der Waals surface area contributed by atoms with Gasteiger partial charge in [0.15, 0.2) is 5.82 Å². The minimum atomic E-state index is -0.370. The van der Waals surface area contributed by atoms with Crippen molar-refractivity contribution in [1.29, 1.82) is 0 Å². The van der Waals surface area contributed by atoms with Crippen LogP contribution < -0.4 is 10.6 Å². The van der Waals surface area contributed by atoms with Crippen molar-refractivity contribution in [2.75, 3.05) is 5.32 Å². The first-order valence-electron chi connectivity index (χ1n) is 9.12. The number of carbonyl (C=O) groups is 2. The second-order valence-corrected chi connectivity index (χ2v) is 8.45. The average molecular weight is 391 g/mol. The van der Waals surface area contributed by atoms with Crippen molar-refractivity contribution in [3.05, 3.63) is 27.8 Å². The molecule has 2 aromatic rings. The van der Waals surface area contributed by atoms with Crippen LogP contribution in [0.1, 0.15) is 54.6 Å². The van der Waals surface area contributed by atoms with Gasteiger partial charge in [-0.15, -0.1) is 11.3 Å². The van der Waals surface area contributed by atoms with E-state index in [9.17, 15) is 9.59 Å². The molecule has 0 unspecified atom stereocenters. The maximum atomic E-state index is 12.1. The van der Waals surface area contributed by atoms with Crippen molar-refractivity contribution in [2.24, 2.45) is 0 Å². The van der Waals surface area contributed by atoms with Gasteiger partial charge in [0.1, 0.15) is 11.1 Å². The summed E-state index contributed by atoms with van der Waals surface area (Å²) in [6.45, 7) is 5.76. The molecule has 1 aliphatic carbocycles. The Hall–Kier alpha value is -2.42. The van der Waals surface area contributed by atoms with E-state index in [2.05, 4.69) is 25.8 Å². The van der Waals surface area contributed by atoms with Crippen LogP contribution in [0.2, 0.25) is 0 Å². The van der Waals surface area contributed by atoms with Crippen molar-refractivity contribution in [3.63, 3.8) is 0 Å². The molecule has 0 aromatic carbocycles. The molecule has 2 amide bonds. The minimum Gasteiger partial charge on any atom is -0.446 e. The number of hydrogen-bond acceptors (Lipinski definition) is 6. The third kappa shape index (κ3) is 5.53. The van der Waals surface area contributed by atoms with Crippen LogP contribution in [-0.2, 0) is 16.0 Å². The summed E-state index contributed by atoms with van der Waals surface area (Å²) >= 11 is 1.51. The normalized spacial score (nSPS) is 19.3. The Balaban J connectivity index is 1.49. The van der Waals surface area contributed by atoms with Crippen molar-refractivity contribution in [3.8, 4) is 0 Å². The molecule has 2 heterocycles. The zero-order valence-electron chi connectivity index (χ0n) is 15.7. The van der Waals surface area contributed by atoms with E-state index in [0.717, 1.165) is 34.8 Å². The highest BCUT2D eigenvalue weighted by atomic mass is 32.1. The van der Waals surface area contributed by atoms with Crippen LogP contribution >= 0.6 is 11.3 Å². The molecule has 1 aliphatic rings. The Morgan fingerprint density at radius 2 is 2.22 bits per heavy atom. The quantitative estimate of drug-likeness (QED) is 0.701. The number of alkyl carbamates (subject to hydrolysis) is 1. The highest BCUT2D eigenvalue weighted by Crippen LogP contribution is 2.35. The van der Waals surface area contributed by atoms with Gasteiger partial charge in [-0.25, -0.2) is 9.78 Å². The van der Waals surface area contributed by atoms with Crippen LogP contribution in [0.3, 0.4) is 0 Å². The molecule has 0 aliphatic heterocycles. The van der Waals surface area contributed by atoms with Gasteiger partial charge in [0.2, 0.25) is 5.91 Å². The number of carbonyl (C=O) groups excluding carboxylic acids is 2. The van der Waals surface area contributed by atoms with Crippen LogP contribution in [-0.4, -0.2) is 39.3 Å². The molecule has 146 valence electrons. The number of ether oxygens (including phenoxy) is 1. The van der Waals surface area contributed by atoms with E-state index in [0.29, 0.717) is 5.82 Å². The second kappa shape index (κ2) is 8.51. The van der Waals surface area contributed by atoms with E-state index in [1.165, 1.54) is 11.3 Å². The third-order valence-corrected chi connectivity index (χ3v) is 5.26. The molecule has 8 nitrogen and oxygen atoms in total. The largest absolute Gasteiger partial charge is 0.446 e. The summed E-state index contributed by atoms with van der Waals surface area (Å²) in [4.78, 5) is 29.1. The van der Waals surface area contributed by atoms with Gasteiger partial charge < -0.3 is 15.4 Å². The number of H-pyrrole nitrogens is 1. The summed E-state index contributed by atoms with van der Waals surface area (Å²) in [5.74, 6) is 0.604. The van der Waals surface area contributed by atoms with Crippen molar-refractivity contribution in [1.82, 2.24) is 20.5 Å². The lowest BCUT2D eigenvalue weighted by molar-refractivity contribution is -0.115. The Morgan fingerprint density at radius 1 is 1.41 bits per heavy atom. The number of amides is 2. The second-order valence-electron chi connectivity index (χ2n) is 7.13. The fourth-order valence-corrected chi connectivity index (χ4v) is 3.95. The van der Waals surface area contributed by atoms with Gasteiger partial charge in [0, 0.05) is 34.8 Å². The lowest BCUT2D eigenvalue weighted by atomic mass is 10.0. The first kappa shape index (κ1) is 19.3. The summed E-state index contributed by atoms with van der Waals surface area (Å²) < 4.78 is 5.45. The molecule has 0 bridgehead atoms. The molecule has 0 spiro atoms. The van der Waals surface area contributed by atoms with Gasteiger partial charge in [0.05, 0.1) is 6.42 Å². The summed E-state index contributed by atoms with van der Waals surface area (Å²) in [7, 11) is 0. The van der Waals surface area contributed by atoms with Gasteiger partial charge in [-0.05, 0) is 40.0 Å². The van der Waals surface area contributed by atoms with Crippen LogP contribution in [0, 0.1) is 6.92 Å².